The van der Waals surface area contributed by atoms with Crippen LogP contribution in [0.25, 0.3) is 11.3 Å². The molecule has 2 aromatic carbocycles. The van der Waals surface area contributed by atoms with Crippen LogP contribution in [0.15, 0.2) is 59.1 Å². The summed E-state index contributed by atoms with van der Waals surface area (Å²) in [5.74, 6) is 0.334. The van der Waals surface area contributed by atoms with Gasteiger partial charge in [-0.15, -0.1) is 0 Å². The smallest absolute Gasteiger partial charge is 0.279 e. The number of carbonyl (C=O) groups excluding carboxylic acids is 1. The number of aromatic nitrogens is 3. The highest BCUT2D eigenvalue weighted by Crippen LogP contribution is 2.30. The highest BCUT2D eigenvalue weighted by Gasteiger charge is 2.17. The lowest BCUT2D eigenvalue weighted by atomic mass is 10.1. The molecule has 9 heteroatoms. The second-order valence-corrected chi connectivity index (χ2v) is 7.89. The van der Waals surface area contributed by atoms with Crippen LogP contribution in [0.5, 0.6) is 0 Å². The Hall–Kier alpha value is -2.80. The molecule has 0 radical (unpaired) electrons. The summed E-state index contributed by atoms with van der Waals surface area (Å²) >= 11 is 18.1. The summed E-state index contributed by atoms with van der Waals surface area (Å²) in [4.78, 5) is 12.6. The molecule has 0 saturated carbocycles. The predicted octanol–water partition coefficient (Wildman–Crippen LogP) is 6.11. The summed E-state index contributed by atoms with van der Waals surface area (Å²) in [7, 11) is 0. The maximum Gasteiger partial charge on any atom is 0.279 e. The molecule has 6 nitrogen and oxygen atoms in total. The number of amides is 1. The van der Waals surface area contributed by atoms with Gasteiger partial charge in [0, 0.05) is 33.4 Å². The maximum absolute atomic E-state index is 12.6. The van der Waals surface area contributed by atoms with E-state index in [1.807, 2.05) is 31.2 Å². The average Bonchev–Trinajstić information content (AvgIpc) is 3.29. The van der Waals surface area contributed by atoms with Crippen LogP contribution in [0.2, 0.25) is 15.1 Å². The number of benzene rings is 2. The van der Waals surface area contributed by atoms with E-state index in [0.29, 0.717) is 38.8 Å². The van der Waals surface area contributed by atoms with E-state index in [1.54, 1.807) is 28.9 Å². The van der Waals surface area contributed by atoms with E-state index < -0.39 is 5.91 Å². The lowest BCUT2D eigenvalue weighted by Gasteiger charge is -2.04. The van der Waals surface area contributed by atoms with Gasteiger partial charge in [0.05, 0.1) is 11.6 Å². The highest BCUT2D eigenvalue weighted by molar-refractivity contribution is 6.36. The van der Waals surface area contributed by atoms with Crippen LogP contribution < -0.4 is 5.32 Å². The number of carbonyl (C=O) groups is 1. The first-order valence-electron chi connectivity index (χ1n) is 8.91. The minimum Gasteiger partial charge on any atom is -0.355 e. The molecule has 1 N–H and O–H groups in total. The molecule has 0 aliphatic rings. The van der Waals surface area contributed by atoms with Crippen molar-refractivity contribution >= 4 is 46.5 Å². The molecular weight excluding hydrogens is 447 g/mol. The summed E-state index contributed by atoms with van der Waals surface area (Å²) in [6, 6.07) is 15.8. The second kappa shape index (κ2) is 8.52. The van der Waals surface area contributed by atoms with E-state index in [2.05, 4.69) is 15.6 Å². The molecule has 30 heavy (non-hydrogen) atoms. The normalized spacial score (nSPS) is 10.9. The number of rotatable bonds is 5. The fraction of sp³-hybridized carbons (Fsp3) is 0.0952. The fourth-order valence-electron chi connectivity index (χ4n) is 2.92. The van der Waals surface area contributed by atoms with E-state index >= 15 is 0 Å². The number of hydrogen-bond donors (Lipinski definition) is 1. The van der Waals surface area contributed by atoms with Crippen LogP contribution in [0.1, 0.15) is 21.7 Å². The summed E-state index contributed by atoms with van der Waals surface area (Å²) < 4.78 is 7.05. The average molecular weight is 462 g/mol. The van der Waals surface area contributed by atoms with Gasteiger partial charge >= 0.3 is 0 Å². The molecule has 4 aromatic rings. The lowest BCUT2D eigenvalue weighted by Crippen LogP contribution is -2.13. The molecule has 4 rings (SSSR count). The third-order valence-corrected chi connectivity index (χ3v) is 5.17. The summed E-state index contributed by atoms with van der Waals surface area (Å²) in [6.45, 7) is 2.44. The zero-order valence-electron chi connectivity index (χ0n) is 15.7. The summed E-state index contributed by atoms with van der Waals surface area (Å²) in [5.41, 5.74) is 2.60. The predicted molar refractivity (Wildman–Crippen MR) is 117 cm³/mol. The Balaban J connectivity index is 1.49. The SMILES string of the molecule is Cc1cc(NC(=O)c2cc(-c3ccc(Cl)cc3Cl)on2)nn1Cc1cccc(Cl)c1. The van der Waals surface area contributed by atoms with E-state index in [1.165, 1.54) is 6.07 Å². The van der Waals surface area contributed by atoms with Crippen LogP contribution >= 0.6 is 34.8 Å². The van der Waals surface area contributed by atoms with Crippen molar-refractivity contribution in [2.75, 3.05) is 5.32 Å². The van der Waals surface area contributed by atoms with E-state index in [9.17, 15) is 4.79 Å². The molecule has 0 bridgehead atoms. The molecule has 0 aliphatic heterocycles. The number of aryl methyl sites for hydroxylation is 1. The fourth-order valence-corrected chi connectivity index (χ4v) is 3.63. The zero-order valence-corrected chi connectivity index (χ0v) is 18.0. The van der Waals surface area contributed by atoms with Gasteiger partial charge in [0.2, 0.25) is 0 Å². The molecule has 152 valence electrons. The molecule has 0 unspecified atom stereocenters. The first kappa shape index (κ1) is 20.5. The molecule has 0 fully saturated rings. The Labute approximate surface area is 187 Å². The van der Waals surface area contributed by atoms with Gasteiger partial charge in [-0.2, -0.15) is 5.10 Å². The van der Waals surface area contributed by atoms with Crippen molar-refractivity contribution in [1.82, 2.24) is 14.9 Å². The van der Waals surface area contributed by atoms with E-state index in [0.717, 1.165) is 11.3 Å². The third kappa shape index (κ3) is 4.51. The minimum atomic E-state index is -0.442. The Morgan fingerprint density at radius 1 is 1.07 bits per heavy atom. The van der Waals surface area contributed by atoms with Gasteiger partial charge in [-0.3, -0.25) is 9.48 Å². The third-order valence-electron chi connectivity index (χ3n) is 4.38. The molecular formula is C21H15Cl3N4O2. The van der Waals surface area contributed by atoms with Crippen LogP contribution in [-0.4, -0.2) is 20.8 Å². The largest absolute Gasteiger partial charge is 0.355 e. The van der Waals surface area contributed by atoms with Gasteiger partial charge in [-0.05, 0) is 42.8 Å². The number of halogens is 3. The van der Waals surface area contributed by atoms with Gasteiger partial charge in [-0.1, -0.05) is 52.1 Å². The van der Waals surface area contributed by atoms with Crippen LogP contribution in [-0.2, 0) is 6.54 Å². The molecule has 0 atom stereocenters. The Morgan fingerprint density at radius 2 is 1.87 bits per heavy atom. The van der Waals surface area contributed by atoms with Crippen LogP contribution in [0.4, 0.5) is 5.82 Å². The number of anilines is 1. The molecule has 0 saturated heterocycles. The van der Waals surface area contributed by atoms with Crippen molar-refractivity contribution in [2.45, 2.75) is 13.5 Å². The van der Waals surface area contributed by atoms with Gasteiger partial charge in [-0.25, -0.2) is 0 Å². The van der Waals surface area contributed by atoms with Crippen molar-refractivity contribution in [3.05, 3.63) is 86.6 Å². The van der Waals surface area contributed by atoms with Crippen LogP contribution in [0, 0.1) is 6.92 Å². The summed E-state index contributed by atoms with van der Waals surface area (Å²) in [6.07, 6.45) is 0. The quantitative estimate of drug-likeness (QED) is 0.389. The molecule has 1 amide bonds. The van der Waals surface area contributed by atoms with Gasteiger partial charge in [0.1, 0.15) is 0 Å². The second-order valence-electron chi connectivity index (χ2n) is 6.61. The topological polar surface area (TPSA) is 73.0 Å². The number of nitrogens with zero attached hydrogens (tertiary/aromatic N) is 3. The molecule has 0 aliphatic carbocycles. The van der Waals surface area contributed by atoms with Gasteiger partial charge in [0.25, 0.3) is 5.91 Å². The minimum absolute atomic E-state index is 0.109. The Bertz CT molecular complexity index is 1230. The Morgan fingerprint density at radius 3 is 2.63 bits per heavy atom. The van der Waals surface area contributed by atoms with E-state index in [-0.39, 0.29) is 5.69 Å². The number of hydrogen-bond acceptors (Lipinski definition) is 4. The van der Waals surface area contributed by atoms with Gasteiger partial charge < -0.3 is 9.84 Å². The maximum atomic E-state index is 12.6. The molecule has 2 heterocycles. The van der Waals surface area contributed by atoms with Crippen molar-refractivity contribution < 1.29 is 9.32 Å². The van der Waals surface area contributed by atoms with Crippen molar-refractivity contribution in [3.63, 3.8) is 0 Å². The van der Waals surface area contributed by atoms with Crippen molar-refractivity contribution in [3.8, 4) is 11.3 Å². The Kier molecular flexibility index (Phi) is 5.81. The highest BCUT2D eigenvalue weighted by atomic mass is 35.5. The monoisotopic (exact) mass is 460 g/mol. The van der Waals surface area contributed by atoms with Crippen molar-refractivity contribution in [2.24, 2.45) is 0 Å². The van der Waals surface area contributed by atoms with Crippen molar-refractivity contribution in [1.29, 1.82) is 0 Å². The molecule has 2 aromatic heterocycles. The summed E-state index contributed by atoms with van der Waals surface area (Å²) in [5, 5.41) is 12.6. The van der Waals surface area contributed by atoms with Gasteiger partial charge in [0.15, 0.2) is 17.3 Å². The zero-order chi connectivity index (χ0) is 21.3. The first-order chi connectivity index (χ1) is 14.4. The van der Waals surface area contributed by atoms with E-state index in [4.69, 9.17) is 39.3 Å². The van der Waals surface area contributed by atoms with Crippen LogP contribution in [0.3, 0.4) is 0 Å². The standard InChI is InChI=1S/C21H15Cl3N4O2/c1-12-7-20(26-28(12)11-13-3-2-4-14(22)8-13)25-21(29)18-10-19(30-27-18)16-6-5-15(23)9-17(16)24/h2-10H,11H2,1H3,(H,25,26,29). The number of nitrogens with one attached hydrogen (secondary N) is 1. The molecule has 0 spiro atoms. The lowest BCUT2D eigenvalue weighted by molar-refractivity contribution is 0.101. The first-order valence-corrected chi connectivity index (χ1v) is 10.0.